The predicted octanol–water partition coefficient (Wildman–Crippen LogP) is 2.53. The van der Waals surface area contributed by atoms with E-state index >= 15 is 0 Å². The number of hydrogen-bond acceptors (Lipinski definition) is 4. The number of rotatable bonds is 2. The molecule has 16 heavy (non-hydrogen) atoms. The molecule has 0 spiro atoms. The number of nitrogens with zero attached hydrogens (tertiary/aromatic N) is 3. The molecule has 76 valence electrons. The van der Waals surface area contributed by atoms with Crippen LogP contribution in [0.3, 0.4) is 0 Å². The van der Waals surface area contributed by atoms with Gasteiger partial charge in [0, 0.05) is 9.26 Å². The Morgan fingerprint density at radius 2 is 1.56 bits per heavy atom. The molecular weight excluding hydrogens is 315 g/mol. The van der Waals surface area contributed by atoms with Crippen LogP contribution >= 0.6 is 22.6 Å². The van der Waals surface area contributed by atoms with Crippen LogP contribution in [0, 0.1) is 37.6 Å². The second-order valence-corrected chi connectivity index (χ2v) is 3.96. The third-order valence-electron chi connectivity index (χ3n) is 1.70. The number of halogens is 1. The van der Waals surface area contributed by atoms with E-state index in [0.717, 1.165) is 3.57 Å². The smallest absolute Gasteiger partial charge is 0.163 e. The van der Waals surface area contributed by atoms with Gasteiger partial charge in [-0.3, -0.25) is 0 Å². The van der Waals surface area contributed by atoms with Gasteiger partial charge in [0.2, 0.25) is 0 Å². The van der Waals surface area contributed by atoms with E-state index in [1.54, 1.807) is 30.3 Å². The fourth-order valence-electron chi connectivity index (χ4n) is 0.961. The summed E-state index contributed by atoms with van der Waals surface area (Å²) >= 11 is 2.16. The normalized spacial score (nSPS) is 8.12. The van der Waals surface area contributed by atoms with Crippen molar-refractivity contribution in [1.29, 1.82) is 15.8 Å². The highest BCUT2D eigenvalue weighted by molar-refractivity contribution is 14.1. The quantitative estimate of drug-likeness (QED) is 0.670. The lowest BCUT2D eigenvalue weighted by atomic mass is 10.2. The molecule has 0 saturated heterocycles. The Labute approximate surface area is 107 Å². The minimum absolute atomic E-state index is 0.0359. The van der Waals surface area contributed by atoms with Crippen molar-refractivity contribution in [3.8, 4) is 18.2 Å². The first kappa shape index (κ1) is 12.0. The van der Waals surface area contributed by atoms with Crippen molar-refractivity contribution in [1.82, 2.24) is 0 Å². The topological polar surface area (TPSA) is 83.4 Å². The standard InChI is InChI=1S/C11H5IN4/c12-9-1-3-10(4-2-9)16-11(7-15)8(5-13)6-14/h1-4,16H. The lowest BCUT2D eigenvalue weighted by Crippen LogP contribution is -2.00. The van der Waals surface area contributed by atoms with E-state index in [1.807, 2.05) is 12.1 Å². The zero-order valence-electron chi connectivity index (χ0n) is 8.03. The summed E-state index contributed by atoms with van der Waals surface area (Å²) in [5.41, 5.74) is 0.409. The molecule has 0 amide bonds. The average Bonchev–Trinajstić information content (AvgIpc) is 2.32. The number of hydrogen-bond donors (Lipinski definition) is 1. The molecule has 0 atom stereocenters. The molecule has 4 nitrogen and oxygen atoms in total. The molecule has 0 saturated carbocycles. The first-order valence-corrected chi connectivity index (χ1v) is 5.26. The molecule has 0 aliphatic carbocycles. The number of allylic oxidation sites excluding steroid dienone is 2. The fourth-order valence-corrected chi connectivity index (χ4v) is 1.32. The van der Waals surface area contributed by atoms with Crippen molar-refractivity contribution >= 4 is 28.3 Å². The molecule has 0 bridgehead atoms. The molecular formula is C11H5IN4. The van der Waals surface area contributed by atoms with Crippen molar-refractivity contribution < 1.29 is 0 Å². The Morgan fingerprint density at radius 3 is 2.00 bits per heavy atom. The maximum Gasteiger partial charge on any atom is 0.163 e. The molecule has 1 aromatic carbocycles. The lowest BCUT2D eigenvalue weighted by molar-refractivity contribution is 1.37. The minimum atomic E-state index is -0.221. The van der Waals surface area contributed by atoms with Crippen molar-refractivity contribution in [2.45, 2.75) is 0 Å². The van der Waals surface area contributed by atoms with Gasteiger partial charge < -0.3 is 5.32 Å². The van der Waals surface area contributed by atoms with Crippen LogP contribution in [0.25, 0.3) is 0 Å². The van der Waals surface area contributed by atoms with Crippen LogP contribution < -0.4 is 5.32 Å². The second-order valence-electron chi connectivity index (χ2n) is 2.72. The monoisotopic (exact) mass is 320 g/mol. The summed E-state index contributed by atoms with van der Waals surface area (Å²) in [5, 5.41) is 28.8. The van der Waals surface area contributed by atoms with Crippen LogP contribution in [0.2, 0.25) is 0 Å². The molecule has 0 aromatic heterocycles. The van der Waals surface area contributed by atoms with Gasteiger partial charge in [-0.05, 0) is 46.9 Å². The predicted molar refractivity (Wildman–Crippen MR) is 66.6 cm³/mol. The SMILES string of the molecule is N#CC(C#N)=C(C#N)Nc1ccc(I)cc1. The zero-order valence-corrected chi connectivity index (χ0v) is 10.2. The van der Waals surface area contributed by atoms with Crippen LogP contribution in [0.4, 0.5) is 5.69 Å². The third-order valence-corrected chi connectivity index (χ3v) is 2.42. The summed E-state index contributed by atoms with van der Waals surface area (Å²) in [6.45, 7) is 0. The summed E-state index contributed by atoms with van der Waals surface area (Å²) in [6.07, 6.45) is 0. The Kier molecular flexibility index (Phi) is 4.32. The van der Waals surface area contributed by atoms with Crippen LogP contribution in [-0.2, 0) is 0 Å². The summed E-state index contributed by atoms with van der Waals surface area (Å²) < 4.78 is 1.06. The molecule has 5 heteroatoms. The number of nitrogens with one attached hydrogen (secondary N) is 1. The average molecular weight is 320 g/mol. The highest BCUT2D eigenvalue weighted by atomic mass is 127. The van der Waals surface area contributed by atoms with Gasteiger partial charge in [-0.25, -0.2) is 0 Å². The van der Waals surface area contributed by atoms with Crippen molar-refractivity contribution in [2.24, 2.45) is 0 Å². The zero-order chi connectivity index (χ0) is 12.0. The van der Waals surface area contributed by atoms with Crippen molar-refractivity contribution in [3.63, 3.8) is 0 Å². The molecule has 0 aliphatic rings. The number of benzene rings is 1. The van der Waals surface area contributed by atoms with Gasteiger partial charge in [-0.2, -0.15) is 15.8 Å². The van der Waals surface area contributed by atoms with E-state index in [2.05, 4.69) is 27.9 Å². The summed E-state index contributed by atoms with van der Waals surface area (Å²) in [7, 11) is 0. The molecule has 0 radical (unpaired) electrons. The van der Waals surface area contributed by atoms with E-state index < -0.39 is 0 Å². The van der Waals surface area contributed by atoms with Gasteiger partial charge in [-0.1, -0.05) is 0 Å². The molecule has 1 N–H and O–H groups in total. The largest absolute Gasteiger partial charge is 0.345 e. The van der Waals surface area contributed by atoms with Crippen LogP contribution in [0.5, 0.6) is 0 Å². The molecule has 0 fully saturated rings. The van der Waals surface area contributed by atoms with Gasteiger partial charge in [0.1, 0.15) is 23.9 Å². The van der Waals surface area contributed by atoms with E-state index in [9.17, 15) is 0 Å². The molecule has 1 rings (SSSR count). The highest BCUT2D eigenvalue weighted by Gasteiger charge is 2.05. The highest BCUT2D eigenvalue weighted by Crippen LogP contribution is 2.14. The van der Waals surface area contributed by atoms with E-state index in [4.69, 9.17) is 15.8 Å². The van der Waals surface area contributed by atoms with Crippen LogP contribution in [0.15, 0.2) is 35.5 Å². The molecule has 1 aromatic rings. The Morgan fingerprint density at radius 1 is 1.00 bits per heavy atom. The number of anilines is 1. The van der Waals surface area contributed by atoms with E-state index in [-0.39, 0.29) is 11.3 Å². The van der Waals surface area contributed by atoms with Crippen molar-refractivity contribution in [2.75, 3.05) is 5.32 Å². The molecule has 0 heterocycles. The molecule has 0 aliphatic heterocycles. The van der Waals surface area contributed by atoms with Gasteiger partial charge in [-0.15, -0.1) is 0 Å². The summed E-state index contributed by atoms with van der Waals surface area (Å²) in [4.78, 5) is 0. The maximum absolute atomic E-state index is 8.80. The first-order valence-electron chi connectivity index (χ1n) is 4.18. The first-order chi connectivity index (χ1) is 7.71. The Balaban J connectivity index is 3.02. The van der Waals surface area contributed by atoms with Crippen LogP contribution in [0.1, 0.15) is 0 Å². The van der Waals surface area contributed by atoms with Gasteiger partial charge in [0.15, 0.2) is 5.57 Å². The Bertz CT molecular complexity index is 521. The van der Waals surface area contributed by atoms with Gasteiger partial charge in [0.25, 0.3) is 0 Å². The Hall–Kier alpha value is -2.04. The minimum Gasteiger partial charge on any atom is -0.345 e. The maximum atomic E-state index is 8.80. The lowest BCUT2D eigenvalue weighted by Gasteiger charge is -2.03. The molecule has 0 unspecified atom stereocenters. The van der Waals surface area contributed by atoms with E-state index in [1.165, 1.54) is 0 Å². The van der Waals surface area contributed by atoms with Crippen molar-refractivity contribution in [3.05, 3.63) is 39.1 Å². The third kappa shape index (κ3) is 2.98. The number of nitriles is 3. The van der Waals surface area contributed by atoms with Crippen LogP contribution in [-0.4, -0.2) is 0 Å². The summed E-state index contributed by atoms with van der Waals surface area (Å²) in [5.74, 6) is 0. The fraction of sp³-hybridized carbons (Fsp3) is 0. The van der Waals surface area contributed by atoms with Gasteiger partial charge in [0.05, 0.1) is 0 Å². The second kappa shape index (κ2) is 5.75. The van der Waals surface area contributed by atoms with Gasteiger partial charge >= 0.3 is 0 Å². The van der Waals surface area contributed by atoms with E-state index in [0.29, 0.717) is 5.69 Å². The summed E-state index contributed by atoms with van der Waals surface area (Å²) in [6, 6.07) is 12.4.